The summed E-state index contributed by atoms with van der Waals surface area (Å²) in [7, 11) is 0. The highest BCUT2D eigenvalue weighted by Crippen LogP contribution is 2.26. The molecule has 0 saturated carbocycles. The normalized spacial score (nSPS) is 25.6. The van der Waals surface area contributed by atoms with Crippen molar-refractivity contribution < 1.29 is 9.66 Å². The van der Waals surface area contributed by atoms with Gasteiger partial charge in [0.2, 0.25) is 0 Å². The number of hydrogen-bond donors (Lipinski definition) is 1. The molecule has 0 amide bonds. The number of anilines is 1. The second-order valence-corrected chi connectivity index (χ2v) is 5.90. The van der Waals surface area contributed by atoms with Crippen molar-refractivity contribution in [1.29, 1.82) is 0 Å². The standard InChI is InChI=1S/C15H21N3O3/c1-11-4-5-15(18(19)20)14(7-11)16-8-13-9-17-6-2-3-12(17)10-21-13/h4-5,7,12-13,16H,2-3,6,8-10H2,1H3. The van der Waals surface area contributed by atoms with E-state index < -0.39 is 0 Å². The lowest BCUT2D eigenvalue weighted by Gasteiger charge is -2.35. The lowest BCUT2D eigenvalue weighted by Crippen LogP contribution is -2.48. The molecule has 0 radical (unpaired) electrons. The molecule has 3 rings (SSSR count). The van der Waals surface area contributed by atoms with Crippen LogP contribution in [0.4, 0.5) is 11.4 Å². The number of nitro benzene ring substituents is 1. The number of nitrogens with zero attached hydrogens (tertiary/aromatic N) is 2. The van der Waals surface area contributed by atoms with Crippen molar-refractivity contribution in [3.8, 4) is 0 Å². The number of rotatable bonds is 4. The maximum absolute atomic E-state index is 11.1. The lowest BCUT2D eigenvalue weighted by molar-refractivity contribution is -0.384. The number of aryl methyl sites for hydroxylation is 1. The number of morpholine rings is 1. The first-order valence-corrected chi connectivity index (χ1v) is 7.48. The average molecular weight is 291 g/mol. The molecular weight excluding hydrogens is 270 g/mol. The van der Waals surface area contributed by atoms with Gasteiger partial charge in [-0.1, -0.05) is 6.07 Å². The fraction of sp³-hybridized carbons (Fsp3) is 0.600. The highest BCUT2D eigenvalue weighted by molar-refractivity contribution is 5.62. The Hall–Kier alpha value is -1.66. The number of hydrogen-bond acceptors (Lipinski definition) is 5. The molecule has 6 nitrogen and oxygen atoms in total. The second kappa shape index (κ2) is 5.99. The van der Waals surface area contributed by atoms with E-state index in [0.29, 0.717) is 18.3 Å². The third-order valence-corrected chi connectivity index (χ3v) is 4.33. The summed E-state index contributed by atoms with van der Waals surface area (Å²) in [6.45, 7) is 5.38. The SMILES string of the molecule is Cc1ccc([N+](=O)[O-])c(NCC2CN3CCCC3CO2)c1. The molecule has 2 aliphatic heterocycles. The molecule has 114 valence electrons. The van der Waals surface area contributed by atoms with Crippen molar-refractivity contribution in [2.75, 3.05) is 31.6 Å². The molecule has 2 fully saturated rings. The van der Waals surface area contributed by atoms with Crippen LogP contribution in [0.5, 0.6) is 0 Å². The summed E-state index contributed by atoms with van der Waals surface area (Å²) in [6, 6.07) is 5.71. The van der Waals surface area contributed by atoms with E-state index >= 15 is 0 Å². The van der Waals surface area contributed by atoms with E-state index in [0.717, 1.165) is 25.3 Å². The van der Waals surface area contributed by atoms with E-state index in [2.05, 4.69) is 10.2 Å². The number of nitrogens with one attached hydrogen (secondary N) is 1. The monoisotopic (exact) mass is 291 g/mol. The van der Waals surface area contributed by atoms with Gasteiger partial charge in [-0.2, -0.15) is 0 Å². The van der Waals surface area contributed by atoms with Crippen LogP contribution in [0.2, 0.25) is 0 Å². The van der Waals surface area contributed by atoms with Gasteiger partial charge in [0.05, 0.1) is 17.6 Å². The fourth-order valence-electron chi connectivity index (χ4n) is 3.18. The van der Waals surface area contributed by atoms with E-state index in [1.165, 1.54) is 12.8 Å². The molecular formula is C15H21N3O3. The summed E-state index contributed by atoms with van der Waals surface area (Å²) in [4.78, 5) is 13.2. The number of fused-ring (bicyclic) bond motifs is 1. The van der Waals surface area contributed by atoms with Gasteiger partial charge in [0.15, 0.2) is 0 Å². The Morgan fingerprint density at radius 3 is 3.19 bits per heavy atom. The first kappa shape index (κ1) is 14.3. The predicted molar refractivity (Wildman–Crippen MR) is 80.7 cm³/mol. The van der Waals surface area contributed by atoms with Crippen LogP contribution in [0.15, 0.2) is 18.2 Å². The first-order chi connectivity index (χ1) is 10.1. The molecule has 0 aliphatic carbocycles. The molecule has 1 aromatic rings. The minimum absolute atomic E-state index is 0.0967. The molecule has 0 bridgehead atoms. The highest BCUT2D eigenvalue weighted by atomic mass is 16.6. The molecule has 2 aliphatic rings. The summed E-state index contributed by atoms with van der Waals surface area (Å²) in [5, 5.41) is 14.3. The maximum Gasteiger partial charge on any atom is 0.292 e. The lowest BCUT2D eigenvalue weighted by atomic mass is 10.1. The van der Waals surface area contributed by atoms with Gasteiger partial charge in [0.1, 0.15) is 5.69 Å². The van der Waals surface area contributed by atoms with Crippen LogP contribution in [0.1, 0.15) is 18.4 Å². The summed E-state index contributed by atoms with van der Waals surface area (Å²) in [6.07, 6.45) is 2.57. The predicted octanol–water partition coefficient (Wildman–Crippen LogP) is 2.18. The number of benzene rings is 1. The molecule has 2 saturated heterocycles. The number of ether oxygens (including phenoxy) is 1. The summed E-state index contributed by atoms with van der Waals surface area (Å²) in [5.41, 5.74) is 1.70. The van der Waals surface area contributed by atoms with Gasteiger partial charge in [-0.05, 0) is 37.9 Å². The zero-order chi connectivity index (χ0) is 14.8. The molecule has 0 spiro atoms. The third-order valence-electron chi connectivity index (χ3n) is 4.33. The van der Waals surface area contributed by atoms with Crippen LogP contribution in [0.3, 0.4) is 0 Å². The summed E-state index contributed by atoms with van der Waals surface area (Å²) in [5.74, 6) is 0. The third kappa shape index (κ3) is 3.16. The number of nitro groups is 1. The molecule has 2 atom stereocenters. The zero-order valence-electron chi connectivity index (χ0n) is 12.2. The molecule has 1 N–H and O–H groups in total. The van der Waals surface area contributed by atoms with Crippen LogP contribution in [-0.4, -0.2) is 48.2 Å². The van der Waals surface area contributed by atoms with Crippen molar-refractivity contribution in [2.24, 2.45) is 0 Å². The molecule has 21 heavy (non-hydrogen) atoms. The average Bonchev–Trinajstić information content (AvgIpc) is 2.92. The van der Waals surface area contributed by atoms with E-state index in [4.69, 9.17) is 4.74 Å². The van der Waals surface area contributed by atoms with Crippen LogP contribution in [0, 0.1) is 17.0 Å². The van der Waals surface area contributed by atoms with E-state index in [1.54, 1.807) is 12.1 Å². The van der Waals surface area contributed by atoms with Gasteiger partial charge in [-0.3, -0.25) is 15.0 Å². The van der Waals surface area contributed by atoms with Crippen molar-refractivity contribution in [3.63, 3.8) is 0 Å². The molecule has 2 unspecified atom stereocenters. The van der Waals surface area contributed by atoms with E-state index in [9.17, 15) is 10.1 Å². The van der Waals surface area contributed by atoms with Crippen molar-refractivity contribution >= 4 is 11.4 Å². The first-order valence-electron chi connectivity index (χ1n) is 7.48. The molecule has 0 aromatic heterocycles. The highest BCUT2D eigenvalue weighted by Gasteiger charge is 2.32. The smallest absolute Gasteiger partial charge is 0.292 e. The summed E-state index contributed by atoms with van der Waals surface area (Å²) >= 11 is 0. The zero-order valence-corrected chi connectivity index (χ0v) is 12.2. The fourth-order valence-corrected chi connectivity index (χ4v) is 3.18. The van der Waals surface area contributed by atoms with Crippen molar-refractivity contribution in [2.45, 2.75) is 31.9 Å². The van der Waals surface area contributed by atoms with Gasteiger partial charge in [-0.25, -0.2) is 0 Å². The molecule has 1 aromatic carbocycles. The van der Waals surface area contributed by atoms with Gasteiger partial charge < -0.3 is 10.1 Å². The minimum atomic E-state index is -0.347. The maximum atomic E-state index is 11.1. The van der Waals surface area contributed by atoms with Gasteiger partial charge >= 0.3 is 0 Å². The largest absolute Gasteiger partial charge is 0.377 e. The van der Waals surface area contributed by atoms with E-state index in [1.807, 2.05) is 13.0 Å². The van der Waals surface area contributed by atoms with Crippen LogP contribution >= 0.6 is 0 Å². The Morgan fingerprint density at radius 1 is 1.52 bits per heavy atom. The summed E-state index contributed by atoms with van der Waals surface area (Å²) < 4.78 is 5.87. The molecule has 2 heterocycles. The second-order valence-electron chi connectivity index (χ2n) is 5.90. The van der Waals surface area contributed by atoms with Gasteiger partial charge in [0.25, 0.3) is 5.69 Å². The van der Waals surface area contributed by atoms with Crippen LogP contribution in [-0.2, 0) is 4.74 Å². The van der Waals surface area contributed by atoms with Gasteiger partial charge in [0, 0.05) is 25.2 Å². The molecule has 6 heteroatoms. The Balaban J connectivity index is 1.62. The Labute approximate surface area is 124 Å². The minimum Gasteiger partial charge on any atom is -0.377 e. The van der Waals surface area contributed by atoms with Crippen LogP contribution < -0.4 is 5.32 Å². The topological polar surface area (TPSA) is 67.6 Å². The Bertz CT molecular complexity index is 535. The van der Waals surface area contributed by atoms with Gasteiger partial charge in [-0.15, -0.1) is 0 Å². The van der Waals surface area contributed by atoms with Crippen LogP contribution in [0.25, 0.3) is 0 Å². The van der Waals surface area contributed by atoms with Crippen molar-refractivity contribution in [1.82, 2.24) is 4.90 Å². The quantitative estimate of drug-likeness (QED) is 0.680. The Morgan fingerprint density at radius 2 is 2.38 bits per heavy atom. The Kier molecular flexibility index (Phi) is 4.07. The van der Waals surface area contributed by atoms with Crippen molar-refractivity contribution in [3.05, 3.63) is 33.9 Å². The van der Waals surface area contributed by atoms with E-state index in [-0.39, 0.29) is 16.7 Å².